The molecule has 0 aliphatic carbocycles. The first-order valence-corrected chi connectivity index (χ1v) is 9.10. The molecule has 0 radical (unpaired) electrons. The van der Waals surface area contributed by atoms with Crippen LogP contribution < -0.4 is 5.32 Å². The summed E-state index contributed by atoms with van der Waals surface area (Å²) in [7, 11) is 0. The predicted molar refractivity (Wildman–Crippen MR) is 88.2 cm³/mol. The molecular weight excluding hydrogens is 285 g/mol. The lowest BCUT2D eigenvalue weighted by Gasteiger charge is -2.24. The fraction of sp³-hybridized carbons (Fsp3) is 0.688. The van der Waals surface area contributed by atoms with Crippen molar-refractivity contribution in [2.75, 3.05) is 37.7 Å². The van der Waals surface area contributed by atoms with Crippen molar-refractivity contribution in [3.8, 4) is 0 Å². The van der Waals surface area contributed by atoms with Gasteiger partial charge in [-0.2, -0.15) is 11.8 Å². The highest BCUT2D eigenvalue weighted by Gasteiger charge is 2.15. The van der Waals surface area contributed by atoms with E-state index in [-0.39, 0.29) is 11.9 Å². The van der Waals surface area contributed by atoms with Crippen LogP contribution in [0.5, 0.6) is 0 Å². The standard InChI is InChI=1S/C16H26FN3S/c1-2-7-18-16(15-5-4-14(17)13-19-15)6-9-20-8-3-11-21-12-10-20/h4-5,13,16,18H,2-3,6-12H2,1H3. The molecule has 5 heteroatoms. The number of nitrogens with zero attached hydrogens (tertiary/aromatic N) is 2. The normalized spacial score (nSPS) is 18.4. The Morgan fingerprint density at radius 2 is 2.29 bits per heavy atom. The second kappa shape index (κ2) is 9.38. The van der Waals surface area contributed by atoms with Crippen LogP contribution in [0.15, 0.2) is 18.3 Å². The summed E-state index contributed by atoms with van der Waals surface area (Å²) in [6, 6.07) is 3.54. The predicted octanol–water partition coefficient (Wildman–Crippen LogP) is 3.09. The lowest BCUT2D eigenvalue weighted by molar-refractivity contribution is 0.274. The largest absolute Gasteiger partial charge is 0.309 e. The van der Waals surface area contributed by atoms with E-state index in [1.165, 1.54) is 43.3 Å². The van der Waals surface area contributed by atoms with Crippen LogP contribution in [-0.4, -0.2) is 47.6 Å². The van der Waals surface area contributed by atoms with Crippen molar-refractivity contribution in [3.63, 3.8) is 0 Å². The van der Waals surface area contributed by atoms with E-state index < -0.39 is 0 Å². The molecule has 1 aromatic rings. The van der Waals surface area contributed by atoms with E-state index in [2.05, 4.69) is 33.9 Å². The number of rotatable bonds is 7. The van der Waals surface area contributed by atoms with Gasteiger partial charge in [-0.05, 0) is 50.2 Å². The first-order valence-electron chi connectivity index (χ1n) is 7.94. The third-order valence-electron chi connectivity index (χ3n) is 3.80. The van der Waals surface area contributed by atoms with E-state index in [1.54, 1.807) is 6.07 Å². The smallest absolute Gasteiger partial charge is 0.141 e. The third-order valence-corrected chi connectivity index (χ3v) is 4.85. The van der Waals surface area contributed by atoms with Gasteiger partial charge < -0.3 is 10.2 Å². The molecule has 0 bridgehead atoms. The van der Waals surface area contributed by atoms with Gasteiger partial charge in [-0.15, -0.1) is 0 Å². The van der Waals surface area contributed by atoms with Gasteiger partial charge in [-0.3, -0.25) is 4.98 Å². The van der Waals surface area contributed by atoms with Crippen molar-refractivity contribution in [2.24, 2.45) is 0 Å². The quantitative estimate of drug-likeness (QED) is 0.837. The first-order chi connectivity index (χ1) is 10.3. The van der Waals surface area contributed by atoms with Crippen molar-refractivity contribution in [3.05, 3.63) is 29.8 Å². The summed E-state index contributed by atoms with van der Waals surface area (Å²) in [5.41, 5.74) is 0.953. The number of thioether (sulfide) groups is 1. The number of halogens is 1. The Morgan fingerprint density at radius 1 is 1.38 bits per heavy atom. The zero-order valence-corrected chi connectivity index (χ0v) is 13.7. The Labute approximate surface area is 131 Å². The first kappa shape index (κ1) is 16.7. The molecule has 1 unspecified atom stereocenters. The summed E-state index contributed by atoms with van der Waals surface area (Å²) < 4.78 is 13.0. The van der Waals surface area contributed by atoms with Gasteiger partial charge >= 0.3 is 0 Å². The van der Waals surface area contributed by atoms with Crippen LogP contribution >= 0.6 is 11.8 Å². The molecule has 0 saturated carbocycles. The summed E-state index contributed by atoms with van der Waals surface area (Å²) in [4.78, 5) is 6.80. The van der Waals surface area contributed by atoms with Gasteiger partial charge in [0.25, 0.3) is 0 Å². The highest BCUT2D eigenvalue weighted by molar-refractivity contribution is 7.99. The van der Waals surface area contributed by atoms with Crippen LogP contribution in [0.3, 0.4) is 0 Å². The third kappa shape index (κ3) is 5.93. The van der Waals surface area contributed by atoms with E-state index in [9.17, 15) is 4.39 Å². The van der Waals surface area contributed by atoms with Crippen molar-refractivity contribution in [1.82, 2.24) is 15.2 Å². The van der Waals surface area contributed by atoms with Crippen molar-refractivity contribution < 1.29 is 4.39 Å². The fourth-order valence-corrected chi connectivity index (χ4v) is 3.52. The summed E-state index contributed by atoms with van der Waals surface area (Å²) in [5.74, 6) is 2.26. The zero-order chi connectivity index (χ0) is 14.9. The Hall–Kier alpha value is -0.650. The average Bonchev–Trinajstić information content (AvgIpc) is 2.77. The van der Waals surface area contributed by atoms with Gasteiger partial charge in [-0.1, -0.05) is 6.92 Å². The molecule has 1 saturated heterocycles. The topological polar surface area (TPSA) is 28.2 Å². The van der Waals surface area contributed by atoms with Gasteiger partial charge in [-0.25, -0.2) is 4.39 Å². The summed E-state index contributed by atoms with van der Waals surface area (Å²) >= 11 is 2.05. The highest BCUT2D eigenvalue weighted by atomic mass is 32.2. The number of aromatic nitrogens is 1. The lowest BCUT2D eigenvalue weighted by atomic mass is 10.1. The molecule has 2 heterocycles. The maximum absolute atomic E-state index is 13.0. The van der Waals surface area contributed by atoms with Crippen LogP contribution in [-0.2, 0) is 0 Å². The van der Waals surface area contributed by atoms with E-state index in [0.717, 1.165) is 31.6 Å². The molecule has 0 amide bonds. The maximum Gasteiger partial charge on any atom is 0.141 e. The molecule has 1 N–H and O–H groups in total. The fourth-order valence-electron chi connectivity index (χ4n) is 2.60. The molecule has 1 atom stereocenters. The molecule has 1 aliphatic heterocycles. The summed E-state index contributed by atoms with van der Waals surface area (Å²) in [5, 5.41) is 3.54. The molecule has 21 heavy (non-hydrogen) atoms. The minimum absolute atomic E-state index is 0.224. The van der Waals surface area contributed by atoms with Gasteiger partial charge in [0.2, 0.25) is 0 Å². The Bertz CT molecular complexity index is 391. The van der Waals surface area contributed by atoms with Crippen LogP contribution in [0.25, 0.3) is 0 Å². The molecule has 0 aromatic carbocycles. The number of pyridine rings is 1. The van der Waals surface area contributed by atoms with Crippen molar-refractivity contribution in [1.29, 1.82) is 0 Å². The Kier molecular flexibility index (Phi) is 7.47. The van der Waals surface area contributed by atoms with Crippen molar-refractivity contribution >= 4 is 11.8 Å². The molecule has 1 aliphatic rings. The molecule has 1 fully saturated rings. The lowest BCUT2D eigenvalue weighted by Crippen LogP contribution is -2.31. The molecule has 118 valence electrons. The highest BCUT2D eigenvalue weighted by Crippen LogP contribution is 2.17. The summed E-state index contributed by atoms with van der Waals surface area (Å²) in [6.45, 7) is 6.60. The minimum Gasteiger partial charge on any atom is -0.309 e. The second-order valence-corrected chi connectivity index (χ2v) is 6.73. The van der Waals surface area contributed by atoms with Crippen LogP contribution in [0, 0.1) is 5.82 Å². The van der Waals surface area contributed by atoms with E-state index in [0.29, 0.717) is 0 Å². The van der Waals surface area contributed by atoms with Gasteiger partial charge in [0.1, 0.15) is 5.82 Å². The van der Waals surface area contributed by atoms with Gasteiger partial charge in [0.05, 0.1) is 17.9 Å². The SMILES string of the molecule is CCCNC(CCN1CCCSCC1)c1ccc(F)cn1. The molecular formula is C16H26FN3S. The molecule has 3 nitrogen and oxygen atoms in total. The van der Waals surface area contributed by atoms with Crippen LogP contribution in [0.4, 0.5) is 4.39 Å². The Morgan fingerprint density at radius 3 is 3.05 bits per heavy atom. The van der Waals surface area contributed by atoms with Gasteiger partial charge in [0, 0.05) is 18.8 Å². The molecule has 1 aromatic heterocycles. The minimum atomic E-state index is -0.266. The number of nitrogens with one attached hydrogen (secondary N) is 1. The molecule has 0 spiro atoms. The number of hydrogen-bond donors (Lipinski definition) is 1. The maximum atomic E-state index is 13.0. The molecule has 2 rings (SSSR count). The monoisotopic (exact) mass is 311 g/mol. The van der Waals surface area contributed by atoms with Crippen molar-refractivity contribution in [2.45, 2.75) is 32.2 Å². The second-order valence-electron chi connectivity index (χ2n) is 5.50. The summed E-state index contributed by atoms with van der Waals surface area (Å²) in [6.07, 6.45) is 4.73. The number of hydrogen-bond acceptors (Lipinski definition) is 4. The van der Waals surface area contributed by atoms with Crippen LogP contribution in [0.2, 0.25) is 0 Å². The van der Waals surface area contributed by atoms with E-state index in [1.807, 2.05) is 0 Å². The Balaban J connectivity index is 1.90. The van der Waals surface area contributed by atoms with E-state index in [4.69, 9.17) is 0 Å². The van der Waals surface area contributed by atoms with E-state index >= 15 is 0 Å². The average molecular weight is 311 g/mol. The van der Waals surface area contributed by atoms with Crippen LogP contribution in [0.1, 0.15) is 37.9 Å². The van der Waals surface area contributed by atoms with Gasteiger partial charge in [0.15, 0.2) is 0 Å². The zero-order valence-electron chi connectivity index (χ0n) is 12.9.